The van der Waals surface area contributed by atoms with Crippen LogP contribution in [0.25, 0.3) is 0 Å². The van der Waals surface area contributed by atoms with E-state index in [4.69, 9.17) is 0 Å². The van der Waals surface area contributed by atoms with Gasteiger partial charge in [-0.2, -0.15) is 0 Å². The number of rotatable bonds is 5. The topological polar surface area (TPSA) is 104 Å². The van der Waals surface area contributed by atoms with Crippen LogP contribution in [0.1, 0.15) is 88.9 Å². The molecule has 0 spiro atoms. The highest BCUT2D eigenvalue weighted by Gasteiger charge is 2.54. The Hall–Kier alpha value is -2.02. The highest BCUT2D eigenvalue weighted by Crippen LogP contribution is 2.55. The van der Waals surface area contributed by atoms with Crippen molar-refractivity contribution < 1.29 is 14.7 Å². The highest BCUT2D eigenvalue weighted by molar-refractivity contribution is 5.93. The summed E-state index contributed by atoms with van der Waals surface area (Å²) in [5, 5.41) is 18.0. The van der Waals surface area contributed by atoms with Crippen LogP contribution in [0, 0.1) is 29.1 Å². The number of carbonyl (C=O) groups is 2. The number of aliphatic hydroxyl groups excluding tert-OH is 1. The summed E-state index contributed by atoms with van der Waals surface area (Å²) in [6.07, 6.45) is 13.4. The third-order valence-electron chi connectivity index (χ3n) is 9.03. The third kappa shape index (κ3) is 5.08. The Morgan fingerprint density at radius 1 is 1.06 bits per heavy atom. The lowest BCUT2D eigenvalue weighted by atomic mass is 9.51. The standard InChI is InChI=1S/C26H40N4O3/c1-16(24(32)29-19-7-5-4-6-8-19)20-9-11-26(3)12-10-21(17(2)22(26)23(20)31)30-25(33)18-13-27-15-28-14-18/h13-17,19-23,31H,4-12H2,1-3H3,(H,29,32)(H,30,33)/t16-,17+,20?,21-,22+,23-,26-/m0/s1. The second-order valence-electron chi connectivity index (χ2n) is 11.1. The van der Waals surface area contributed by atoms with Gasteiger partial charge in [-0.25, -0.2) is 9.97 Å². The van der Waals surface area contributed by atoms with E-state index >= 15 is 0 Å². The maximum atomic E-state index is 13.1. The van der Waals surface area contributed by atoms with Gasteiger partial charge < -0.3 is 15.7 Å². The first kappa shape index (κ1) is 24.1. The van der Waals surface area contributed by atoms with Crippen LogP contribution in [0.5, 0.6) is 0 Å². The molecule has 3 N–H and O–H groups in total. The van der Waals surface area contributed by atoms with Crippen LogP contribution in [0.4, 0.5) is 0 Å². The summed E-state index contributed by atoms with van der Waals surface area (Å²) in [6.45, 7) is 6.41. The molecule has 1 aromatic rings. The molecular formula is C26H40N4O3. The second kappa shape index (κ2) is 10.1. The summed E-state index contributed by atoms with van der Waals surface area (Å²) < 4.78 is 0. The Labute approximate surface area is 197 Å². The van der Waals surface area contributed by atoms with Gasteiger partial charge in [-0.15, -0.1) is 0 Å². The molecule has 3 saturated carbocycles. The number of hydrogen-bond donors (Lipinski definition) is 3. The summed E-state index contributed by atoms with van der Waals surface area (Å²) in [4.78, 5) is 33.7. The lowest BCUT2D eigenvalue weighted by Crippen LogP contribution is -2.58. The molecule has 1 unspecified atom stereocenters. The highest BCUT2D eigenvalue weighted by atomic mass is 16.3. The minimum Gasteiger partial charge on any atom is -0.392 e. The molecule has 0 bridgehead atoms. The maximum Gasteiger partial charge on any atom is 0.254 e. The van der Waals surface area contributed by atoms with Crippen molar-refractivity contribution in [1.29, 1.82) is 0 Å². The molecule has 7 heteroatoms. The normalized spacial score (nSPS) is 35.8. The molecule has 2 amide bonds. The molecule has 3 aliphatic rings. The monoisotopic (exact) mass is 456 g/mol. The average molecular weight is 457 g/mol. The van der Waals surface area contributed by atoms with Gasteiger partial charge in [-0.1, -0.05) is 40.0 Å². The van der Waals surface area contributed by atoms with E-state index in [2.05, 4.69) is 34.4 Å². The summed E-state index contributed by atoms with van der Waals surface area (Å²) >= 11 is 0. The van der Waals surface area contributed by atoms with Crippen molar-refractivity contribution in [2.24, 2.45) is 29.1 Å². The number of hydrogen-bond acceptors (Lipinski definition) is 5. The Morgan fingerprint density at radius 3 is 2.42 bits per heavy atom. The van der Waals surface area contributed by atoms with E-state index in [1.807, 2.05) is 6.92 Å². The Kier molecular flexibility index (Phi) is 7.37. The van der Waals surface area contributed by atoms with Gasteiger partial charge in [0.05, 0.1) is 11.7 Å². The van der Waals surface area contributed by atoms with E-state index in [1.165, 1.54) is 38.0 Å². The fourth-order valence-corrected chi connectivity index (χ4v) is 6.94. The molecule has 0 aliphatic heterocycles. The minimum absolute atomic E-state index is 0.0180. The average Bonchev–Trinajstić information content (AvgIpc) is 2.82. The lowest BCUT2D eigenvalue weighted by Gasteiger charge is -2.56. The van der Waals surface area contributed by atoms with Crippen LogP contribution >= 0.6 is 0 Å². The molecule has 3 fully saturated rings. The number of aromatic nitrogens is 2. The van der Waals surface area contributed by atoms with Crippen LogP contribution in [-0.4, -0.2) is 45.1 Å². The summed E-state index contributed by atoms with van der Waals surface area (Å²) in [7, 11) is 0. The van der Waals surface area contributed by atoms with Crippen molar-refractivity contribution in [2.75, 3.05) is 0 Å². The fraction of sp³-hybridized carbons (Fsp3) is 0.769. The van der Waals surface area contributed by atoms with Gasteiger partial charge in [0, 0.05) is 30.4 Å². The van der Waals surface area contributed by atoms with Crippen molar-refractivity contribution in [2.45, 2.75) is 96.7 Å². The van der Waals surface area contributed by atoms with Crippen LogP contribution in [0.3, 0.4) is 0 Å². The molecule has 4 rings (SSSR count). The third-order valence-corrected chi connectivity index (χ3v) is 9.03. The first-order chi connectivity index (χ1) is 15.8. The Balaban J connectivity index is 1.43. The molecular weight excluding hydrogens is 416 g/mol. The van der Waals surface area contributed by atoms with Crippen molar-refractivity contribution in [3.05, 3.63) is 24.3 Å². The molecule has 0 aromatic carbocycles. The van der Waals surface area contributed by atoms with Crippen LogP contribution in [0.2, 0.25) is 0 Å². The zero-order valence-corrected chi connectivity index (χ0v) is 20.3. The van der Waals surface area contributed by atoms with Crippen LogP contribution < -0.4 is 10.6 Å². The fourth-order valence-electron chi connectivity index (χ4n) is 6.94. The van der Waals surface area contributed by atoms with Gasteiger partial charge in [0.15, 0.2) is 0 Å². The van der Waals surface area contributed by atoms with Crippen molar-refractivity contribution in [1.82, 2.24) is 20.6 Å². The van der Waals surface area contributed by atoms with Gasteiger partial charge >= 0.3 is 0 Å². The van der Waals surface area contributed by atoms with E-state index in [0.29, 0.717) is 5.56 Å². The molecule has 182 valence electrons. The minimum atomic E-state index is -0.550. The number of nitrogens with zero attached hydrogens (tertiary/aromatic N) is 2. The predicted molar refractivity (Wildman–Crippen MR) is 126 cm³/mol. The van der Waals surface area contributed by atoms with E-state index in [-0.39, 0.29) is 53.0 Å². The van der Waals surface area contributed by atoms with E-state index in [1.54, 1.807) is 0 Å². The number of aliphatic hydroxyl groups is 1. The molecule has 0 radical (unpaired) electrons. The number of amides is 2. The largest absolute Gasteiger partial charge is 0.392 e. The predicted octanol–water partition coefficient (Wildman–Crippen LogP) is 3.48. The van der Waals surface area contributed by atoms with Crippen LogP contribution in [0.15, 0.2) is 18.7 Å². The zero-order valence-electron chi connectivity index (χ0n) is 20.3. The first-order valence-corrected chi connectivity index (χ1v) is 12.8. The SMILES string of the molecule is C[C@H]1[C@@H]2[C@@H](O)C([C@H](C)C(=O)NC3CCCCC3)CC[C@@]2(C)CC[C@@H]1NC(=O)c1cncnc1. The van der Waals surface area contributed by atoms with Crippen molar-refractivity contribution in [3.8, 4) is 0 Å². The smallest absolute Gasteiger partial charge is 0.254 e. The molecule has 1 aromatic heterocycles. The van der Waals surface area contributed by atoms with E-state index in [9.17, 15) is 14.7 Å². The van der Waals surface area contributed by atoms with Crippen molar-refractivity contribution >= 4 is 11.8 Å². The first-order valence-electron chi connectivity index (χ1n) is 12.8. The quantitative estimate of drug-likeness (QED) is 0.629. The Morgan fingerprint density at radius 2 is 1.73 bits per heavy atom. The molecule has 33 heavy (non-hydrogen) atoms. The zero-order chi connectivity index (χ0) is 23.6. The van der Waals surface area contributed by atoms with E-state index < -0.39 is 6.10 Å². The number of fused-ring (bicyclic) bond motifs is 1. The molecule has 7 nitrogen and oxygen atoms in total. The second-order valence-corrected chi connectivity index (χ2v) is 11.1. The molecule has 3 aliphatic carbocycles. The van der Waals surface area contributed by atoms with Crippen LogP contribution in [-0.2, 0) is 4.79 Å². The summed E-state index contributed by atoms with van der Waals surface area (Å²) in [6, 6.07) is 0.269. The van der Waals surface area contributed by atoms with Crippen molar-refractivity contribution in [3.63, 3.8) is 0 Å². The summed E-state index contributed by atoms with van der Waals surface area (Å²) in [5.41, 5.74) is 0.486. The summed E-state index contributed by atoms with van der Waals surface area (Å²) in [5.74, 6) is -0.178. The van der Waals surface area contributed by atoms with Gasteiger partial charge in [0.25, 0.3) is 5.91 Å². The molecule has 1 heterocycles. The molecule has 0 saturated heterocycles. The van der Waals surface area contributed by atoms with Gasteiger partial charge in [-0.05, 0) is 61.7 Å². The van der Waals surface area contributed by atoms with E-state index in [0.717, 1.165) is 38.5 Å². The van der Waals surface area contributed by atoms with Gasteiger partial charge in [0.2, 0.25) is 5.91 Å². The maximum absolute atomic E-state index is 13.1. The lowest BCUT2D eigenvalue weighted by molar-refractivity contribution is -0.142. The number of nitrogens with one attached hydrogen (secondary N) is 2. The number of carbonyl (C=O) groups excluding carboxylic acids is 2. The Bertz CT molecular complexity index is 828. The van der Waals surface area contributed by atoms with Gasteiger partial charge in [0.1, 0.15) is 6.33 Å². The molecule has 7 atom stereocenters. The van der Waals surface area contributed by atoms with Gasteiger partial charge in [-0.3, -0.25) is 9.59 Å².